The van der Waals surface area contributed by atoms with Gasteiger partial charge in [-0.25, -0.2) is 8.78 Å². The molecule has 38 heavy (non-hydrogen) atoms. The third-order valence-electron chi connectivity index (χ3n) is 8.51. The van der Waals surface area contributed by atoms with Crippen molar-refractivity contribution in [1.82, 2.24) is 0 Å². The van der Waals surface area contributed by atoms with Crippen LogP contribution in [-0.2, 0) is 19.3 Å². The van der Waals surface area contributed by atoms with Crippen LogP contribution in [0.5, 0.6) is 0 Å². The van der Waals surface area contributed by atoms with Gasteiger partial charge in [-0.05, 0) is 90.3 Å². The van der Waals surface area contributed by atoms with Gasteiger partial charge in [0.05, 0.1) is 0 Å². The zero-order chi connectivity index (χ0) is 26.7. The lowest BCUT2D eigenvalue weighted by Gasteiger charge is -2.28. The molecule has 3 heteroatoms. The summed E-state index contributed by atoms with van der Waals surface area (Å²) in [6.07, 6.45) is 18.1. The fraction of sp³-hybridized carbons (Fsp3) is 0.486. The summed E-state index contributed by atoms with van der Waals surface area (Å²) in [5.74, 6) is 0.233. The normalized spacial score (nSPS) is 17.6. The fourth-order valence-corrected chi connectivity index (χ4v) is 6.05. The molecule has 204 valence electrons. The van der Waals surface area contributed by atoms with E-state index in [1.165, 1.54) is 112 Å². The maximum absolute atomic E-state index is 13.8. The van der Waals surface area contributed by atoms with Crippen molar-refractivity contribution in [3.8, 4) is 11.1 Å². The number of halogens is 3. The largest absolute Gasteiger partial charge is 0.205 e. The van der Waals surface area contributed by atoms with Crippen LogP contribution in [0, 0.1) is 23.5 Å². The SMILES string of the molecule is CCCCCCCc1ccc(CCC2CCC(CCc3ccc(-c4cc(F)c(Cl)c(F)c4)cc3)CC2)cc1. The van der Waals surface area contributed by atoms with Gasteiger partial charge in [-0.1, -0.05) is 118 Å². The van der Waals surface area contributed by atoms with Crippen molar-refractivity contribution in [3.63, 3.8) is 0 Å². The average Bonchev–Trinajstić information content (AvgIpc) is 2.95. The summed E-state index contributed by atoms with van der Waals surface area (Å²) >= 11 is 5.61. The van der Waals surface area contributed by atoms with E-state index in [9.17, 15) is 8.78 Å². The molecule has 0 atom stereocenters. The van der Waals surface area contributed by atoms with Gasteiger partial charge in [0.25, 0.3) is 0 Å². The number of hydrogen-bond acceptors (Lipinski definition) is 0. The van der Waals surface area contributed by atoms with Gasteiger partial charge in [0, 0.05) is 0 Å². The van der Waals surface area contributed by atoms with Crippen molar-refractivity contribution in [2.24, 2.45) is 11.8 Å². The van der Waals surface area contributed by atoms with Gasteiger partial charge in [-0.15, -0.1) is 0 Å². The first-order valence-corrected chi connectivity index (χ1v) is 15.2. The van der Waals surface area contributed by atoms with Crippen molar-refractivity contribution in [3.05, 3.63) is 94.0 Å². The van der Waals surface area contributed by atoms with Crippen LogP contribution in [0.2, 0.25) is 5.02 Å². The second-order valence-corrected chi connectivity index (χ2v) is 11.8. The highest BCUT2D eigenvalue weighted by Gasteiger charge is 2.21. The van der Waals surface area contributed by atoms with Crippen molar-refractivity contribution in [1.29, 1.82) is 0 Å². The van der Waals surface area contributed by atoms with Crippen LogP contribution >= 0.6 is 11.6 Å². The molecule has 0 aromatic heterocycles. The first-order chi connectivity index (χ1) is 18.5. The second kappa shape index (κ2) is 14.8. The third-order valence-corrected chi connectivity index (χ3v) is 8.87. The minimum atomic E-state index is -0.720. The number of unbranched alkanes of at least 4 members (excludes halogenated alkanes) is 4. The van der Waals surface area contributed by atoms with E-state index in [-0.39, 0.29) is 0 Å². The Balaban J connectivity index is 1.14. The Kier molecular flexibility index (Phi) is 11.2. The topological polar surface area (TPSA) is 0 Å². The summed E-state index contributed by atoms with van der Waals surface area (Å²) < 4.78 is 27.6. The van der Waals surface area contributed by atoms with E-state index >= 15 is 0 Å². The van der Waals surface area contributed by atoms with E-state index in [0.29, 0.717) is 5.56 Å². The summed E-state index contributed by atoms with van der Waals surface area (Å²) in [6.45, 7) is 2.27. The molecule has 0 spiro atoms. The number of hydrogen-bond donors (Lipinski definition) is 0. The molecule has 0 nitrogen and oxygen atoms in total. The molecule has 0 N–H and O–H groups in total. The third kappa shape index (κ3) is 8.67. The summed E-state index contributed by atoms with van der Waals surface area (Å²) in [6, 6.07) is 20.1. The van der Waals surface area contributed by atoms with Crippen LogP contribution in [0.1, 0.15) is 94.2 Å². The number of aryl methyl sites for hydroxylation is 3. The van der Waals surface area contributed by atoms with Gasteiger partial charge in [-0.3, -0.25) is 0 Å². The Labute approximate surface area is 233 Å². The first-order valence-electron chi connectivity index (χ1n) is 14.8. The number of benzene rings is 3. The average molecular weight is 537 g/mol. The molecule has 1 fully saturated rings. The molecular formula is C35H43ClF2. The molecule has 1 aliphatic rings. The molecule has 0 bridgehead atoms. The Morgan fingerprint density at radius 3 is 1.55 bits per heavy atom. The van der Waals surface area contributed by atoms with E-state index < -0.39 is 16.7 Å². The minimum Gasteiger partial charge on any atom is -0.205 e. The van der Waals surface area contributed by atoms with Crippen LogP contribution in [0.4, 0.5) is 8.78 Å². The molecule has 3 aromatic carbocycles. The molecule has 0 saturated heterocycles. The van der Waals surface area contributed by atoms with E-state index in [0.717, 1.165) is 23.8 Å². The molecular weight excluding hydrogens is 494 g/mol. The van der Waals surface area contributed by atoms with Crippen LogP contribution in [0.3, 0.4) is 0 Å². The highest BCUT2D eigenvalue weighted by atomic mass is 35.5. The second-order valence-electron chi connectivity index (χ2n) is 11.4. The van der Waals surface area contributed by atoms with E-state index in [4.69, 9.17) is 11.6 Å². The van der Waals surface area contributed by atoms with Crippen LogP contribution in [0.15, 0.2) is 60.7 Å². The predicted molar refractivity (Wildman–Crippen MR) is 158 cm³/mol. The molecule has 1 aliphatic carbocycles. The predicted octanol–water partition coefficient (Wildman–Crippen LogP) is 11.2. The summed E-state index contributed by atoms with van der Waals surface area (Å²) in [5, 5.41) is -0.447. The molecule has 0 heterocycles. The zero-order valence-electron chi connectivity index (χ0n) is 23.0. The van der Waals surface area contributed by atoms with Crippen molar-refractivity contribution in [2.75, 3.05) is 0 Å². The van der Waals surface area contributed by atoms with Gasteiger partial charge in [0.1, 0.15) is 16.7 Å². The fourth-order valence-electron chi connectivity index (χ4n) is 5.94. The zero-order valence-corrected chi connectivity index (χ0v) is 23.7. The molecule has 0 radical (unpaired) electrons. The van der Waals surface area contributed by atoms with Crippen LogP contribution in [0.25, 0.3) is 11.1 Å². The van der Waals surface area contributed by atoms with Gasteiger partial charge in [0.2, 0.25) is 0 Å². The standard InChI is InChI=1S/C35H43ClF2/c1-2-3-4-5-6-7-26-8-10-27(11-9-26)12-13-28-14-16-29(17-15-28)18-19-30-20-22-31(23-21-30)32-24-33(37)35(36)34(38)25-32/h8-11,20-25,28-29H,2-7,12-19H2,1H3. The van der Waals surface area contributed by atoms with E-state index in [2.05, 4.69) is 43.3 Å². The first kappa shape index (κ1) is 28.8. The molecule has 0 unspecified atom stereocenters. The monoisotopic (exact) mass is 536 g/mol. The lowest BCUT2D eigenvalue weighted by atomic mass is 9.77. The van der Waals surface area contributed by atoms with Crippen molar-refractivity contribution >= 4 is 11.6 Å². The van der Waals surface area contributed by atoms with Gasteiger partial charge >= 0.3 is 0 Å². The van der Waals surface area contributed by atoms with Crippen molar-refractivity contribution < 1.29 is 8.78 Å². The van der Waals surface area contributed by atoms with Crippen molar-refractivity contribution in [2.45, 2.75) is 96.8 Å². The molecule has 0 amide bonds. The molecule has 1 saturated carbocycles. The Morgan fingerprint density at radius 1 is 0.605 bits per heavy atom. The van der Waals surface area contributed by atoms with E-state index in [1.54, 1.807) is 0 Å². The lowest BCUT2D eigenvalue weighted by molar-refractivity contribution is 0.253. The Bertz CT molecular complexity index is 1090. The molecule has 3 aromatic rings. The minimum absolute atomic E-state index is 0.447. The summed E-state index contributed by atoms with van der Waals surface area (Å²) in [7, 11) is 0. The quantitative estimate of drug-likeness (QED) is 0.150. The van der Waals surface area contributed by atoms with Gasteiger partial charge in [-0.2, -0.15) is 0 Å². The molecule has 4 rings (SSSR count). The van der Waals surface area contributed by atoms with Crippen LogP contribution in [-0.4, -0.2) is 0 Å². The maximum Gasteiger partial charge on any atom is 0.145 e. The molecule has 0 aliphatic heterocycles. The van der Waals surface area contributed by atoms with Gasteiger partial charge < -0.3 is 0 Å². The maximum atomic E-state index is 13.8. The number of rotatable bonds is 13. The summed E-state index contributed by atoms with van der Waals surface area (Å²) in [4.78, 5) is 0. The van der Waals surface area contributed by atoms with Crippen LogP contribution < -0.4 is 0 Å². The summed E-state index contributed by atoms with van der Waals surface area (Å²) in [5.41, 5.74) is 5.60. The Hall–Kier alpha value is -2.19. The highest BCUT2D eigenvalue weighted by molar-refractivity contribution is 6.31. The van der Waals surface area contributed by atoms with E-state index in [1.807, 2.05) is 12.1 Å². The highest BCUT2D eigenvalue weighted by Crippen LogP contribution is 2.34. The Morgan fingerprint density at radius 2 is 1.05 bits per heavy atom. The van der Waals surface area contributed by atoms with Gasteiger partial charge in [0.15, 0.2) is 0 Å². The smallest absolute Gasteiger partial charge is 0.145 e. The lowest BCUT2D eigenvalue weighted by Crippen LogP contribution is -2.15.